The van der Waals surface area contributed by atoms with E-state index in [2.05, 4.69) is 10.3 Å². The fraction of sp³-hybridized carbons (Fsp3) is 0.600. The van der Waals surface area contributed by atoms with E-state index < -0.39 is 5.56 Å². The van der Waals surface area contributed by atoms with Crippen LogP contribution in [0.25, 0.3) is 0 Å². The Morgan fingerprint density at radius 1 is 1.48 bits per heavy atom. The summed E-state index contributed by atoms with van der Waals surface area (Å²) in [6.07, 6.45) is 2.22. The van der Waals surface area contributed by atoms with E-state index in [0.717, 1.165) is 25.9 Å². The van der Waals surface area contributed by atoms with E-state index in [1.807, 2.05) is 13.8 Å². The summed E-state index contributed by atoms with van der Waals surface area (Å²) in [5.41, 5.74) is -0.241. The van der Waals surface area contributed by atoms with Gasteiger partial charge in [0.15, 0.2) is 5.88 Å². The molecule has 6 heteroatoms. The molecule has 6 nitrogen and oxygen atoms in total. The molecule has 21 heavy (non-hydrogen) atoms. The second kappa shape index (κ2) is 6.76. The Morgan fingerprint density at radius 3 is 2.81 bits per heavy atom. The number of H-pyrrole nitrogens is 1. The van der Waals surface area contributed by atoms with E-state index in [1.54, 1.807) is 4.90 Å². The number of aromatic hydroxyl groups is 1. The Bertz CT molecular complexity index is 547. The molecule has 1 unspecified atom stereocenters. The topological polar surface area (TPSA) is 85.4 Å². The highest BCUT2D eigenvalue weighted by atomic mass is 16.3. The van der Waals surface area contributed by atoms with E-state index in [-0.39, 0.29) is 23.4 Å². The van der Waals surface area contributed by atoms with E-state index in [9.17, 15) is 14.7 Å². The van der Waals surface area contributed by atoms with Crippen molar-refractivity contribution in [3.05, 3.63) is 28.0 Å². The molecule has 0 radical (unpaired) electrons. The number of amides is 1. The lowest BCUT2D eigenvalue weighted by atomic mass is 9.98. The van der Waals surface area contributed by atoms with Crippen molar-refractivity contribution >= 4 is 5.91 Å². The first-order valence-corrected chi connectivity index (χ1v) is 7.42. The molecule has 1 atom stereocenters. The minimum absolute atomic E-state index is 0.0425. The van der Waals surface area contributed by atoms with E-state index in [1.165, 1.54) is 12.1 Å². The third kappa shape index (κ3) is 4.07. The monoisotopic (exact) mass is 293 g/mol. The van der Waals surface area contributed by atoms with Crippen molar-refractivity contribution in [2.45, 2.75) is 32.7 Å². The van der Waals surface area contributed by atoms with Crippen LogP contribution in [-0.4, -0.2) is 46.6 Å². The van der Waals surface area contributed by atoms with Crippen LogP contribution in [0.15, 0.2) is 16.9 Å². The van der Waals surface area contributed by atoms with Crippen molar-refractivity contribution in [3.63, 3.8) is 0 Å². The number of aromatic amines is 1. The van der Waals surface area contributed by atoms with Gasteiger partial charge in [0.05, 0.1) is 5.56 Å². The summed E-state index contributed by atoms with van der Waals surface area (Å²) >= 11 is 0. The molecule has 0 aromatic carbocycles. The van der Waals surface area contributed by atoms with Crippen LogP contribution in [0.4, 0.5) is 0 Å². The summed E-state index contributed by atoms with van der Waals surface area (Å²) in [6.45, 7) is 6.53. The summed E-state index contributed by atoms with van der Waals surface area (Å²) in [4.78, 5) is 28.0. The first-order valence-electron chi connectivity index (χ1n) is 7.42. The second-order valence-corrected chi connectivity index (χ2v) is 5.88. The smallest absolute Gasteiger partial charge is 0.254 e. The van der Waals surface area contributed by atoms with Crippen LogP contribution in [-0.2, 0) is 0 Å². The van der Waals surface area contributed by atoms with Gasteiger partial charge in [-0.1, -0.05) is 0 Å². The van der Waals surface area contributed by atoms with Crippen LogP contribution in [0.2, 0.25) is 0 Å². The zero-order valence-electron chi connectivity index (χ0n) is 12.6. The van der Waals surface area contributed by atoms with Gasteiger partial charge in [-0.3, -0.25) is 14.6 Å². The number of pyridine rings is 1. The average Bonchev–Trinajstić information content (AvgIpc) is 2.44. The summed E-state index contributed by atoms with van der Waals surface area (Å²) in [5.74, 6) is -0.0634. The van der Waals surface area contributed by atoms with Crippen LogP contribution in [0.1, 0.15) is 37.0 Å². The first kappa shape index (κ1) is 15.6. The number of rotatable bonds is 4. The standard InChI is InChI=1S/C15H23N3O3/c1-10(2)18(9-11-4-3-5-16-8-11)15(21)12-6-13(19)17-14(20)7-12/h6-7,10-11,16H,3-5,8-9H2,1-2H3,(H2,17,19,20). The molecule has 1 aliphatic heterocycles. The number of carbonyl (C=O) groups excluding carboxylic acids is 1. The van der Waals surface area contributed by atoms with Crippen LogP contribution < -0.4 is 10.9 Å². The highest BCUT2D eigenvalue weighted by molar-refractivity contribution is 5.94. The molecule has 1 aromatic heterocycles. The Morgan fingerprint density at radius 2 is 2.24 bits per heavy atom. The highest BCUT2D eigenvalue weighted by Crippen LogP contribution is 2.16. The van der Waals surface area contributed by atoms with Gasteiger partial charge in [-0.15, -0.1) is 0 Å². The van der Waals surface area contributed by atoms with Crippen LogP contribution in [0.5, 0.6) is 5.88 Å². The molecule has 1 fully saturated rings. The summed E-state index contributed by atoms with van der Waals surface area (Å²) < 4.78 is 0. The third-order valence-electron chi connectivity index (χ3n) is 3.82. The largest absolute Gasteiger partial charge is 0.494 e. The summed E-state index contributed by atoms with van der Waals surface area (Å²) in [7, 11) is 0. The van der Waals surface area contributed by atoms with E-state index >= 15 is 0 Å². The SMILES string of the molecule is CC(C)N(CC1CCCNC1)C(=O)c1cc(O)[nH]c(=O)c1. The molecule has 1 aliphatic rings. The molecule has 1 aromatic rings. The summed E-state index contributed by atoms with van der Waals surface area (Å²) in [5, 5.41) is 12.8. The fourth-order valence-corrected chi connectivity index (χ4v) is 2.70. The van der Waals surface area contributed by atoms with Crippen molar-refractivity contribution in [2.24, 2.45) is 5.92 Å². The predicted molar refractivity (Wildman–Crippen MR) is 80.5 cm³/mol. The van der Waals surface area contributed by atoms with Gasteiger partial charge in [0, 0.05) is 24.7 Å². The number of piperidine rings is 1. The van der Waals surface area contributed by atoms with Crippen molar-refractivity contribution in [1.82, 2.24) is 15.2 Å². The lowest BCUT2D eigenvalue weighted by Crippen LogP contribution is -2.44. The first-order chi connectivity index (χ1) is 9.97. The van der Waals surface area contributed by atoms with E-state index in [0.29, 0.717) is 12.5 Å². The zero-order valence-corrected chi connectivity index (χ0v) is 12.6. The number of aromatic nitrogens is 1. The number of nitrogens with zero attached hydrogens (tertiary/aromatic N) is 1. The van der Waals surface area contributed by atoms with Gasteiger partial charge in [0.1, 0.15) is 0 Å². The lowest BCUT2D eigenvalue weighted by molar-refractivity contribution is 0.0660. The summed E-state index contributed by atoms with van der Waals surface area (Å²) in [6, 6.07) is 2.58. The molecule has 2 rings (SSSR count). The average molecular weight is 293 g/mol. The lowest BCUT2D eigenvalue weighted by Gasteiger charge is -2.33. The van der Waals surface area contributed by atoms with Crippen molar-refractivity contribution in [3.8, 4) is 5.88 Å². The van der Waals surface area contributed by atoms with Crippen LogP contribution in [0, 0.1) is 5.92 Å². The Labute approximate surface area is 124 Å². The molecule has 116 valence electrons. The van der Waals surface area contributed by atoms with E-state index in [4.69, 9.17) is 0 Å². The Kier molecular flexibility index (Phi) is 5.01. The van der Waals surface area contributed by atoms with Crippen molar-refractivity contribution < 1.29 is 9.90 Å². The maximum Gasteiger partial charge on any atom is 0.254 e. The number of hydrogen-bond acceptors (Lipinski definition) is 4. The molecule has 1 saturated heterocycles. The van der Waals surface area contributed by atoms with Crippen LogP contribution >= 0.6 is 0 Å². The number of carbonyl (C=O) groups is 1. The normalized spacial score (nSPS) is 18.7. The maximum absolute atomic E-state index is 12.6. The minimum atomic E-state index is -0.471. The fourth-order valence-electron chi connectivity index (χ4n) is 2.70. The van der Waals surface area contributed by atoms with Crippen LogP contribution in [0.3, 0.4) is 0 Å². The molecular weight excluding hydrogens is 270 g/mol. The third-order valence-corrected chi connectivity index (χ3v) is 3.82. The Balaban J connectivity index is 2.16. The molecule has 1 amide bonds. The molecule has 0 bridgehead atoms. The predicted octanol–water partition coefficient (Wildman–Crippen LogP) is 0.931. The molecule has 2 heterocycles. The molecule has 3 N–H and O–H groups in total. The minimum Gasteiger partial charge on any atom is -0.494 e. The van der Waals surface area contributed by atoms with Crippen molar-refractivity contribution in [2.75, 3.05) is 19.6 Å². The quantitative estimate of drug-likeness (QED) is 0.771. The van der Waals surface area contributed by atoms with Gasteiger partial charge in [0.25, 0.3) is 11.5 Å². The molecular formula is C15H23N3O3. The zero-order chi connectivity index (χ0) is 15.4. The van der Waals surface area contributed by atoms with Gasteiger partial charge < -0.3 is 15.3 Å². The Hall–Kier alpha value is -1.82. The highest BCUT2D eigenvalue weighted by Gasteiger charge is 2.24. The van der Waals surface area contributed by atoms with Gasteiger partial charge in [-0.2, -0.15) is 0 Å². The molecule has 0 saturated carbocycles. The molecule has 0 aliphatic carbocycles. The van der Waals surface area contributed by atoms with Gasteiger partial charge in [-0.25, -0.2) is 0 Å². The number of hydrogen-bond donors (Lipinski definition) is 3. The second-order valence-electron chi connectivity index (χ2n) is 5.88. The van der Waals surface area contributed by atoms with Gasteiger partial charge in [-0.05, 0) is 45.7 Å². The number of nitrogens with one attached hydrogen (secondary N) is 2. The molecule has 0 spiro atoms. The van der Waals surface area contributed by atoms with Gasteiger partial charge in [0.2, 0.25) is 0 Å². The maximum atomic E-state index is 12.6. The van der Waals surface area contributed by atoms with Gasteiger partial charge >= 0.3 is 0 Å². The van der Waals surface area contributed by atoms with Crippen molar-refractivity contribution in [1.29, 1.82) is 0 Å².